The number of hydrogen-bond donors (Lipinski definition) is 1. The Morgan fingerprint density at radius 1 is 1.26 bits per heavy atom. The third-order valence-corrected chi connectivity index (χ3v) is 7.84. The first-order chi connectivity index (χ1) is 17.1. The maximum Gasteiger partial charge on any atom is 0.230 e. The van der Waals surface area contributed by atoms with E-state index in [9.17, 15) is 4.79 Å². The molecule has 1 aliphatic heterocycles. The largest absolute Gasteiger partial charge is 0.486 e. The topological polar surface area (TPSA) is 81.5 Å². The zero-order valence-electron chi connectivity index (χ0n) is 20.7. The molecule has 0 atom stereocenters. The summed E-state index contributed by atoms with van der Waals surface area (Å²) in [5.74, 6) is 1.83. The maximum atomic E-state index is 12.8. The zero-order valence-corrected chi connectivity index (χ0v) is 21.5. The van der Waals surface area contributed by atoms with Crippen LogP contribution in [0.25, 0.3) is 0 Å². The number of benzene rings is 1. The van der Waals surface area contributed by atoms with Crippen molar-refractivity contribution in [2.24, 2.45) is 0 Å². The molecule has 0 spiro atoms. The van der Waals surface area contributed by atoms with Crippen molar-refractivity contribution in [3.63, 3.8) is 0 Å². The monoisotopic (exact) mass is 499 g/mol. The summed E-state index contributed by atoms with van der Waals surface area (Å²) in [6.07, 6.45) is 7.81. The van der Waals surface area contributed by atoms with Gasteiger partial charge in [-0.1, -0.05) is 49.2 Å². The third kappa shape index (κ3) is 6.86. The Balaban J connectivity index is 1.32. The van der Waals surface area contributed by atoms with Crippen LogP contribution in [0.4, 0.5) is 0 Å². The van der Waals surface area contributed by atoms with Crippen LogP contribution in [-0.2, 0) is 22.7 Å². The number of allylic oxidation sites excluding steroid dienone is 1. The average Bonchev–Trinajstić information content (AvgIpc) is 3.27. The number of aryl methyl sites for hydroxylation is 1. The summed E-state index contributed by atoms with van der Waals surface area (Å²) in [7, 11) is 0. The second kappa shape index (κ2) is 12.6. The van der Waals surface area contributed by atoms with Crippen LogP contribution < -0.4 is 10.1 Å². The lowest BCUT2D eigenvalue weighted by molar-refractivity contribution is -0.119. The fourth-order valence-electron chi connectivity index (χ4n) is 4.99. The molecule has 35 heavy (non-hydrogen) atoms. The number of morpholine rings is 1. The Kier molecular flexibility index (Phi) is 9.23. The van der Waals surface area contributed by atoms with Crippen molar-refractivity contribution in [1.82, 2.24) is 25.0 Å². The molecule has 1 amide bonds. The first-order valence-corrected chi connectivity index (χ1v) is 13.5. The molecule has 0 radical (unpaired) electrons. The van der Waals surface area contributed by atoms with Crippen molar-refractivity contribution in [3.05, 3.63) is 48.3 Å². The molecule has 1 saturated heterocycles. The molecule has 2 heterocycles. The van der Waals surface area contributed by atoms with E-state index in [1.54, 1.807) is 6.08 Å². The molecular weight excluding hydrogens is 462 g/mol. The maximum absolute atomic E-state index is 12.8. The number of carbonyl (C=O) groups excluding carboxylic acids is 1. The normalized spacial score (nSPS) is 18.2. The minimum Gasteiger partial charge on any atom is -0.486 e. The molecule has 2 aliphatic rings. The summed E-state index contributed by atoms with van der Waals surface area (Å²) in [5, 5.41) is 12.6. The molecule has 1 N–H and O–H groups in total. The first-order valence-electron chi connectivity index (χ1n) is 12.5. The molecule has 1 saturated carbocycles. The van der Waals surface area contributed by atoms with Crippen molar-refractivity contribution in [2.45, 2.75) is 62.9 Å². The Morgan fingerprint density at radius 2 is 2.06 bits per heavy atom. The zero-order chi connectivity index (χ0) is 24.5. The SMILES string of the molecule is C=CCn1c(COc2cccc(C)c2)nnc1SCC(=O)NCC1(N2CCOCC2)CCCCC1. The van der Waals surface area contributed by atoms with Gasteiger partial charge in [0.2, 0.25) is 5.91 Å². The summed E-state index contributed by atoms with van der Waals surface area (Å²) >= 11 is 1.40. The molecule has 1 aromatic carbocycles. The van der Waals surface area contributed by atoms with E-state index in [-0.39, 0.29) is 11.4 Å². The van der Waals surface area contributed by atoms with Crippen molar-refractivity contribution in [2.75, 3.05) is 38.6 Å². The number of rotatable bonds is 11. The van der Waals surface area contributed by atoms with Gasteiger partial charge < -0.3 is 14.8 Å². The van der Waals surface area contributed by atoms with E-state index in [4.69, 9.17) is 9.47 Å². The molecule has 2 aromatic rings. The van der Waals surface area contributed by atoms with E-state index in [1.807, 2.05) is 35.8 Å². The van der Waals surface area contributed by atoms with Gasteiger partial charge in [-0.15, -0.1) is 16.8 Å². The lowest BCUT2D eigenvalue weighted by Crippen LogP contribution is -2.59. The first kappa shape index (κ1) is 25.7. The highest BCUT2D eigenvalue weighted by Gasteiger charge is 2.38. The Labute approximate surface area is 212 Å². The van der Waals surface area contributed by atoms with E-state index < -0.39 is 0 Å². The number of amides is 1. The van der Waals surface area contributed by atoms with Crippen molar-refractivity contribution < 1.29 is 14.3 Å². The molecule has 0 bridgehead atoms. The van der Waals surface area contributed by atoms with Crippen molar-refractivity contribution >= 4 is 17.7 Å². The molecule has 9 heteroatoms. The van der Waals surface area contributed by atoms with Crippen LogP contribution in [0, 0.1) is 6.92 Å². The predicted molar refractivity (Wildman–Crippen MR) is 138 cm³/mol. The second-order valence-corrected chi connectivity index (χ2v) is 10.3. The molecule has 190 valence electrons. The van der Waals surface area contributed by atoms with Crippen molar-refractivity contribution in [3.8, 4) is 5.75 Å². The van der Waals surface area contributed by atoms with Gasteiger partial charge in [0.15, 0.2) is 11.0 Å². The van der Waals surface area contributed by atoms with E-state index in [0.717, 1.165) is 50.5 Å². The predicted octanol–water partition coefficient (Wildman–Crippen LogP) is 3.59. The van der Waals surface area contributed by atoms with Gasteiger partial charge in [0.25, 0.3) is 0 Å². The highest BCUT2D eigenvalue weighted by molar-refractivity contribution is 7.99. The van der Waals surface area contributed by atoms with Gasteiger partial charge in [-0.3, -0.25) is 14.3 Å². The third-order valence-electron chi connectivity index (χ3n) is 6.88. The van der Waals surface area contributed by atoms with Gasteiger partial charge in [-0.2, -0.15) is 0 Å². The lowest BCUT2D eigenvalue weighted by atomic mass is 9.79. The van der Waals surface area contributed by atoms with Crippen LogP contribution in [0.2, 0.25) is 0 Å². The van der Waals surface area contributed by atoms with Crippen LogP contribution in [-0.4, -0.2) is 69.7 Å². The van der Waals surface area contributed by atoms with E-state index >= 15 is 0 Å². The highest BCUT2D eigenvalue weighted by Crippen LogP contribution is 2.34. The van der Waals surface area contributed by atoms with E-state index in [1.165, 1.54) is 31.0 Å². The Morgan fingerprint density at radius 3 is 2.80 bits per heavy atom. The molecule has 1 aromatic heterocycles. The number of thioether (sulfide) groups is 1. The number of hydrogen-bond acceptors (Lipinski definition) is 7. The van der Waals surface area contributed by atoms with Gasteiger partial charge >= 0.3 is 0 Å². The standard InChI is InChI=1S/C26H37N5O3S/c1-3-12-31-23(18-34-22-9-7-8-21(2)17-22)28-29-25(31)35-19-24(32)27-20-26(10-5-4-6-11-26)30-13-15-33-16-14-30/h3,7-9,17H,1,4-6,10-16,18-20H2,2H3,(H,27,32). The fourth-order valence-corrected chi connectivity index (χ4v) is 5.79. The minimum absolute atomic E-state index is 0.0268. The number of aromatic nitrogens is 3. The smallest absolute Gasteiger partial charge is 0.230 e. The number of carbonyl (C=O) groups is 1. The number of nitrogens with one attached hydrogen (secondary N) is 1. The van der Waals surface area contributed by atoms with Crippen LogP contribution in [0.15, 0.2) is 42.1 Å². The van der Waals surface area contributed by atoms with Crippen LogP contribution in [0.1, 0.15) is 43.5 Å². The second-order valence-electron chi connectivity index (χ2n) is 9.35. The lowest BCUT2D eigenvalue weighted by Gasteiger charge is -2.48. The van der Waals surface area contributed by atoms with Crippen LogP contribution in [0.5, 0.6) is 5.75 Å². The van der Waals surface area contributed by atoms with Gasteiger partial charge in [0.05, 0.1) is 19.0 Å². The van der Waals surface area contributed by atoms with Crippen LogP contribution in [0.3, 0.4) is 0 Å². The average molecular weight is 500 g/mol. The van der Waals surface area contributed by atoms with E-state index in [2.05, 4.69) is 27.0 Å². The fraction of sp³-hybridized carbons (Fsp3) is 0.577. The van der Waals surface area contributed by atoms with E-state index in [0.29, 0.717) is 36.4 Å². The number of nitrogens with zero attached hydrogens (tertiary/aromatic N) is 4. The molecule has 1 aliphatic carbocycles. The quantitative estimate of drug-likeness (QED) is 0.374. The molecule has 8 nitrogen and oxygen atoms in total. The Bertz CT molecular complexity index is 983. The van der Waals surface area contributed by atoms with Crippen LogP contribution >= 0.6 is 11.8 Å². The highest BCUT2D eigenvalue weighted by atomic mass is 32.2. The Hall–Kier alpha value is -2.36. The summed E-state index contributed by atoms with van der Waals surface area (Å²) in [5.41, 5.74) is 1.20. The molecular formula is C26H37N5O3S. The molecule has 2 fully saturated rings. The van der Waals surface area contributed by atoms with Gasteiger partial charge in [0, 0.05) is 31.7 Å². The molecule has 0 unspecified atom stereocenters. The van der Waals surface area contributed by atoms with Gasteiger partial charge in [-0.25, -0.2) is 0 Å². The summed E-state index contributed by atoms with van der Waals surface area (Å²) < 4.78 is 13.4. The van der Waals surface area contributed by atoms with Gasteiger partial charge in [-0.05, 0) is 37.5 Å². The minimum atomic E-state index is 0.0268. The molecule has 4 rings (SSSR count). The summed E-state index contributed by atoms with van der Waals surface area (Å²) in [4.78, 5) is 15.4. The summed E-state index contributed by atoms with van der Waals surface area (Å²) in [6, 6.07) is 7.92. The summed E-state index contributed by atoms with van der Waals surface area (Å²) in [6.45, 7) is 10.9. The van der Waals surface area contributed by atoms with Crippen molar-refractivity contribution in [1.29, 1.82) is 0 Å². The number of ether oxygens (including phenoxy) is 2. The van der Waals surface area contributed by atoms with Gasteiger partial charge in [0.1, 0.15) is 12.4 Å².